The van der Waals surface area contributed by atoms with Crippen LogP contribution in [0.4, 0.5) is 11.8 Å². The molecular weight excluding hydrogens is 228 g/mol. The second kappa shape index (κ2) is 5.10. The van der Waals surface area contributed by atoms with Crippen LogP contribution in [0.2, 0.25) is 0 Å². The van der Waals surface area contributed by atoms with Gasteiger partial charge in [-0.2, -0.15) is 4.98 Å². The van der Waals surface area contributed by atoms with E-state index in [0.29, 0.717) is 12.1 Å². The highest BCUT2D eigenvalue weighted by molar-refractivity contribution is 5.44. The molecule has 1 aliphatic heterocycles. The first-order valence-electron chi connectivity index (χ1n) is 6.83. The molecule has 1 aromatic heterocycles. The summed E-state index contributed by atoms with van der Waals surface area (Å²) in [5.41, 5.74) is 0. The van der Waals surface area contributed by atoms with Crippen LogP contribution in [0.3, 0.4) is 0 Å². The second-order valence-corrected chi connectivity index (χ2v) is 4.87. The number of morpholine rings is 1. The zero-order chi connectivity index (χ0) is 12.4. The number of hydrogen-bond donors (Lipinski definition) is 1. The van der Waals surface area contributed by atoms with Gasteiger partial charge in [0.1, 0.15) is 5.82 Å². The van der Waals surface area contributed by atoms with Gasteiger partial charge in [0.05, 0.1) is 18.8 Å². The van der Waals surface area contributed by atoms with Crippen molar-refractivity contribution in [3.63, 3.8) is 0 Å². The van der Waals surface area contributed by atoms with Crippen molar-refractivity contribution in [1.82, 2.24) is 9.97 Å². The highest BCUT2D eigenvalue weighted by Crippen LogP contribution is 2.32. The molecule has 5 heteroatoms. The zero-order valence-electron chi connectivity index (χ0n) is 10.8. The lowest BCUT2D eigenvalue weighted by atomic mass is 10.1. The summed E-state index contributed by atoms with van der Waals surface area (Å²) in [4.78, 5) is 11.2. The Balaban J connectivity index is 1.82. The Morgan fingerprint density at radius 2 is 2.44 bits per heavy atom. The maximum atomic E-state index is 5.83. The van der Waals surface area contributed by atoms with Gasteiger partial charge >= 0.3 is 0 Å². The number of ether oxygens (including phenoxy) is 1. The standard InChI is InChI=1S/C13H20N4O/c1-2-14-13-15-7-6-12(16-13)17-8-9-18-11-5-3-4-10(11)17/h6-7,10-11H,2-5,8-9H2,1H3,(H,14,15,16). The predicted octanol–water partition coefficient (Wildman–Crippen LogP) is 1.67. The minimum absolute atomic E-state index is 0.399. The van der Waals surface area contributed by atoms with Gasteiger partial charge in [0.15, 0.2) is 0 Å². The average molecular weight is 248 g/mol. The van der Waals surface area contributed by atoms with Crippen LogP contribution < -0.4 is 10.2 Å². The van der Waals surface area contributed by atoms with E-state index in [2.05, 4.69) is 27.1 Å². The summed E-state index contributed by atoms with van der Waals surface area (Å²) < 4.78 is 5.83. The molecular formula is C13H20N4O. The second-order valence-electron chi connectivity index (χ2n) is 4.87. The van der Waals surface area contributed by atoms with E-state index in [1.807, 2.05) is 12.3 Å². The van der Waals surface area contributed by atoms with Gasteiger partial charge in [0.2, 0.25) is 5.95 Å². The van der Waals surface area contributed by atoms with Crippen LogP contribution in [-0.2, 0) is 4.74 Å². The number of rotatable bonds is 3. The van der Waals surface area contributed by atoms with E-state index in [4.69, 9.17) is 4.74 Å². The minimum atomic E-state index is 0.399. The topological polar surface area (TPSA) is 50.3 Å². The van der Waals surface area contributed by atoms with Crippen molar-refractivity contribution in [3.8, 4) is 0 Å². The van der Waals surface area contributed by atoms with Crippen molar-refractivity contribution in [3.05, 3.63) is 12.3 Å². The Hall–Kier alpha value is -1.36. The Labute approximate surface area is 108 Å². The van der Waals surface area contributed by atoms with Crippen LogP contribution in [0.25, 0.3) is 0 Å². The largest absolute Gasteiger partial charge is 0.374 e. The number of anilines is 2. The summed E-state index contributed by atoms with van der Waals surface area (Å²) in [6.45, 7) is 4.64. The van der Waals surface area contributed by atoms with Gasteiger partial charge in [0.25, 0.3) is 0 Å². The molecule has 2 atom stereocenters. The lowest BCUT2D eigenvalue weighted by Crippen LogP contribution is -2.49. The first-order valence-corrected chi connectivity index (χ1v) is 6.83. The molecule has 0 radical (unpaired) electrons. The maximum Gasteiger partial charge on any atom is 0.224 e. The molecule has 1 saturated heterocycles. The van der Waals surface area contributed by atoms with E-state index in [1.54, 1.807) is 0 Å². The van der Waals surface area contributed by atoms with Crippen molar-refractivity contribution in [2.75, 3.05) is 29.9 Å². The molecule has 5 nitrogen and oxygen atoms in total. The third kappa shape index (κ3) is 2.14. The van der Waals surface area contributed by atoms with Crippen molar-refractivity contribution in [2.45, 2.75) is 38.3 Å². The minimum Gasteiger partial charge on any atom is -0.374 e. The van der Waals surface area contributed by atoms with Crippen molar-refractivity contribution >= 4 is 11.8 Å². The highest BCUT2D eigenvalue weighted by atomic mass is 16.5. The summed E-state index contributed by atoms with van der Waals surface area (Å²) in [6, 6.07) is 2.50. The number of aromatic nitrogens is 2. The molecule has 0 spiro atoms. The first kappa shape index (κ1) is 11.7. The summed E-state index contributed by atoms with van der Waals surface area (Å²) in [7, 11) is 0. The highest BCUT2D eigenvalue weighted by Gasteiger charge is 2.36. The molecule has 0 amide bonds. The van der Waals surface area contributed by atoms with E-state index in [0.717, 1.165) is 31.5 Å². The third-order valence-corrected chi connectivity index (χ3v) is 3.75. The lowest BCUT2D eigenvalue weighted by Gasteiger charge is -2.38. The number of nitrogens with zero attached hydrogens (tertiary/aromatic N) is 3. The predicted molar refractivity (Wildman–Crippen MR) is 70.9 cm³/mol. The molecule has 1 aliphatic carbocycles. The third-order valence-electron chi connectivity index (χ3n) is 3.75. The summed E-state index contributed by atoms with van der Waals surface area (Å²) in [6.07, 6.45) is 5.89. The average Bonchev–Trinajstić information content (AvgIpc) is 2.87. The van der Waals surface area contributed by atoms with Gasteiger partial charge in [-0.1, -0.05) is 0 Å². The normalized spacial score (nSPS) is 27.1. The van der Waals surface area contributed by atoms with Gasteiger partial charge in [-0.3, -0.25) is 0 Å². The Kier molecular flexibility index (Phi) is 3.32. The molecule has 18 heavy (non-hydrogen) atoms. The van der Waals surface area contributed by atoms with Crippen LogP contribution in [0.5, 0.6) is 0 Å². The summed E-state index contributed by atoms with van der Waals surface area (Å²) >= 11 is 0. The Morgan fingerprint density at radius 1 is 1.50 bits per heavy atom. The van der Waals surface area contributed by atoms with Crippen molar-refractivity contribution in [2.24, 2.45) is 0 Å². The van der Waals surface area contributed by atoms with Crippen LogP contribution in [0, 0.1) is 0 Å². The van der Waals surface area contributed by atoms with Crippen molar-refractivity contribution in [1.29, 1.82) is 0 Å². The van der Waals surface area contributed by atoms with Crippen LogP contribution >= 0.6 is 0 Å². The molecule has 0 bridgehead atoms. The van der Waals surface area contributed by atoms with Gasteiger partial charge in [-0.05, 0) is 32.3 Å². The van der Waals surface area contributed by atoms with Crippen LogP contribution in [0.1, 0.15) is 26.2 Å². The van der Waals surface area contributed by atoms with Gasteiger partial charge < -0.3 is 15.0 Å². The van der Waals surface area contributed by atoms with E-state index >= 15 is 0 Å². The molecule has 98 valence electrons. The molecule has 3 rings (SSSR count). The molecule has 2 fully saturated rings. The number of fused-ring (bicyclic) bond motifs is 1. The molecule has 2 heterocycles. The maximum absolute atomic E-state index is 5.83. The van der Waals surface area contributed by atoms with E-state index < -0.39 is 0 Å². The van der Waals surface area contributed by atoms with Gasteiger partial charge in [0, 0.05) is 19.3 Å². The number of hydrogen-bond acceptors (Lipinski definition) is 5. The SMILES string of the molecule is CCNc1nccc(N2CCOC3CCCC32)n1. The van der Waals surface area contributed by atoms with Crippen LogP contribution in [-0.4, -0.2) is 41.8 Å². The summed E-state index contributed by atoms with van der Waals surface area (Å²) in [5.74, 6) is 1.75. The zero-order valence-corrected chi connectivity index (χ0v) is 10.8. The molecule has 1 N–H and O–H groups in total. The van der Waals surface area contributed by atoms with E-state index in [-0.39, 0.29) is 0 Å². The monoisotopic (exact) mass is 248 g/mol. The fraction of sp³-hybridized carbons (Fsp3) is 0.692. The molecule has 2 unspecified atom stereocenters. The molecule has 1 aromatic rings. The smallest absolute Gasteiger partial charge is 0.224 e. The Morgan fingerprint density at radius 3 is 3.33 bits per heavy atom. The quantitative estimate of drug-likeness (QED) is 0.881. The van der Waals surface area contributed by atoms with Gasteiger partial charge in [-0.15, -0.1) is 0 Å². The fourth-order valence-corrected chi connectivity index (χ4v) is 2.96. The molecule has 0 aromatic carbocycles. The lowest BCUT2D eigenvalue weighted by molar-refractivity contribution is 0.0253. The van der Waals surface area contributed by atoms with Crippen LogP contribution in [0.15, 0.2) is 12.3 Å². The molecule has 1 saturated carbocycles. The van der Waals surface area contributed by atoms with E-state index in [9.17, 15) is 0 Å². The van der Waals surface area contributed by atoms with Gasteiger partial charge in [-0.25, -0.2) is 4.98 Å². The summed E-state index contributed by atoms with van der Waals surface area (Å²) in [5, 5.41) is 3.17. The fourth-order valence-electron chi connectivity index (χ4n) is 2.96. The van der Waals surface area contributed by atoms with E-state index in [1.165, 1.54) is 19.3 Å². The van der Waals surface area contributed by atoms with Crippen molar-refractivity contribution < 1.29 is 4.74 Å². The number of nitrogens with one attached hydrogen (secondary N) is 1. The Bertz CT molecular complexity index is 412. The first-order chi connectivity index (χ1) is 8.88. The molecule has 2 aliphatic rings.